The molecule has 12 nitrogen and oxygen atoms in total. The highest BCUT2D eigenvalue weighted by Gasteiger charge is 2.46. The summed E-state index contributed by atoms with van der Waals surface area (Å²) in [6, 6.07) is 0. The molecule has 0 spiro atoms. The monoisotopic (exact) mass is 762 g/mol. The predicted molar refractivity (Wildman–Crippen MR) is 201 cm³/mol. The van der Waals surface area contributed by atoms with Gasteiger partial charge in [-0.05, 0) is 19.3 Å². The van der Waals surface area contributed by atoms with Gasteiger partial charge < -0.3 is 34.3 Å². The van der Waals surface area contributed by atoms with Gasteiger partial charge in [0.25, 0.3) is 10.1 Å². The van der Waals surface area contributed by atoms with E-state index in [9.17, 15) is 37.9 Å². The van der Waals surface area contributed by atoms with E-state index < -0.39 is 71.2 Å². The zero-order chi connectivity index (χ0) is 38.5. The highest BCUT2D eigenvalue weighted by atomic mass is 32.2. The lowest BCUT2D eigenvalue weighted by atomic mass is 10.00. The number of aliphatic hydroxyl groups excluding tert-OH is 3. The molecule has 4 N–H and O–H groups in total. The minimum Gasteiger partial charge on any atom is -0.458 e. The minimum atomic E-state index is -4.60. The molecule has 0 aromatic carbocycles. The van der Waals surface area contributed by atoms with Crippen LogP contribution in [0.1, 0.15) is 155 Å². The highest BCUT2D eigenvalue weighted by Crippen LogP contribution is 2.24. The van der Waals surface area contributed by atoms with E-state index in [0.717, 1.165) is 32.1 Å². The van der Waals surface area contributed by atoms with Crippen molar-refractivity contribution in [3.8, 4) is 0 Å². The van der Waals surface area contributed by atoms with E-state index in [-0.39, 0.29) is 13.0 Å². The second-order valence-electron chi connectivity index (χ2n) is 14.0. The Labute approximate surface area is 313 Å². The summed E-state index contributed by atoms with van der Waals surface area (Å²) in [5, 5.41) is 30.7. The average molecular weight is 763 g/mol. The maximum atomic E-state index is 12.7. The first-order chi connectivity index (χ1) is 25.0. The molecule has 0 saturated carbocycles. The van der Waals surface area contributed by atoms with Gasteiger partial charge >= 0.3 is 11.9 Å². The number of carbonyl (C=O) groups excluding carboxylic acids is 2. The molecule has 0 aliphatic carbocycles. The van der Waals surface area contributed by atoms with Crippen LogP contribution in [0, 0.1) is 0 Å². The number of rotatable bonds is 32. The SMILES string of the molecule is CCCCCCCCCCCCC/C=C/C=C/C(=O)OC[C@H](CO[C@H]1O[C@H](CS(=O)(=O)O)[C@@H](O)C(O)C1O)OC(=O)CCCCCCCCCCC. The summed E-state index contributed by atoms with van der Waals surface area (Å²) < 4.78 is 53.6. The molecular formula is C39H70O12S. The van der Waals surface area contributed by atoms with Gasteiger partial charge in [-0.15, -0.1) is 0 Å². The van der Waals surface area contributed by atoms with Crippen molar-refractivity contribution in [2.45, 2.75) is 192 Å². The van der Waals surface area contributed by atoms with Gasteiger partial charge in [-0.1, -0.05) is 148 Å². The maximum Gasteiger partial charge on any atom is 0.330 e. The van der Waals surface area contributed by atoms with Crippen LogP contribution in [0.4, 0.5) is 0 Å². The first-order valence-corrected chi connectivity index (χ1v) is 21.5. The number of carbonyl (C=O) groups is 2. The lowest BCUT2D eigenvalue weighted by Crippen LogP contribution is -2.60. The van der Waals surface area contributed by atoms with Crippen LogP contribution in [0.3, 0.4) is 0 Å². The molecule has 52 heavy (non-hydrogen) atoms. The van der Waals surface area contributed by atoms with Gasteiger partial charge in [0.15, 0.2) is 12.4 Å². The quantitative estimate of drug-likeness (QED) is 0.0183. The lowest BCUT2D eigenvalue weighted by molar-refractivity contribution is -0.297. The van der Waals surface area contributed by atoms with Gasteiger partial charge in [-0.2, -0.15) is 8.42 Å². The largest absolute Gasteiger partial charge is 0.458 e. The molecule has 0 amide bonds. The number of hydrogen-bond donors (Lipinski definition) is 4. The van der Waals surface area contributed by atoms with Crippen molar-refractivity contribution in [3.63, 3.8) is 0 Å². The van der Waals surface area contributed by atoms with E-state index >= 15 is 0 Å². The second kappa shape index (κ2) is 30.5. The zero-order valence-corrected chi connectivity index (χ0v) is 32.7. The Balaban J connectivity index is 2.55. The first-order valence-electron chi connectivity index (χ1n) is 19.9. The maximum absolute atomic E-state index is 12.7. The zero-order valence-electron chi connectivity index (χ0n) is 31.9. The summed E-state index contributed by atoms with van der Waals surface area (Å²) >= 11 is 0. The number of hydrogen-bond acceptors (Lipinski definition) is 11. The fourth-order valence-electron chi connectivity index (χ4n) is 6.00. The number of esters is 2. The smallest absolute Gasteiger partial charge is 0.330 e. The summed E-state index contributed by atoms with van der Waals surface area (Å²) in [7, 11) is -4.60. The average Bonchev–Trinajstić information content (AvgIpc) is 3.10. The summed E-state index contributed by atoms with van der Waals surface area (Å²) in [5.41, 5.74) is 0. The molecule has 6 atom stereocenters. The fraction of sp³-hybridized carbons (Fsp3) is 0.846. The van der Waals surface area contributed by atoms with E-state index in [1.165, 1.54) is 102 Å². The van der Waals surface area contributed by atoms with E-state index in [4.69, 9.17) is 18.9 Å². The van der Waals surface area contributed by atoms with Crippen molar-refractivity contribution in [3.05, 3.63) is 24.3 Å². The Morgan fingerprint density at radius 1 is 0.692 bits per heavy atom. The summed E-state index contributed by atoms with van der Waals surface area (Å²) in [4.78, 5) is 25.1. The van der Waals surface area contributed by atoms with E-state index in [1.807, 2.05) is 6.08 Å². The molecule has 0 radical (unpaired) electrons. The predicted octanol–water partition coefficient (Wildman–Crippen LogP) is 6.89. The van der Waals surface area contributed by atoms with Crippen LogP contribution in [0.5, 0.6) is 0 Å². The normalized spacial score (nSPS) is 21.5. The van der Waals surface area contributed by atoms with Crippen LogP contribution in [0.25, 0.3) is 0 Å². The van der Waals surface area contributed by atoms with Crippen molar-refractivity contribution in [2.75, 3.05) is 19.0 Å². The molecule has 0 aromatic heterocycles. The molecule has 1 heterocycles. The molecule has 304 valence electrons. The Morgan fingerprint density at radius 3 is 1.75 bits per heavy atom. The van der Waals surface area contributed by atoms with Crippen LogP contribution >= 0.6 is 0 Å². The summed E-state index contributed by atoms with van der Waals surface area (Å²) in [6.07, 6.45) is 21.7. The number of allylic oxidation sites excluding steroid dienone is 3. The summed E-state index contributed by atoms with van der Waals surface area (Å²) in [6.45, 7) is 3.60. The molecule has 1 fully saturated rings. The molecule has 1 saturated heterocycles. The fourth-order valence-corrected chi connectivity index (χ4v) is 6.69. The van der Waals surface area contributed by atoms with Crippen LogP contribution in [-0.4, -0.2) is 96.0 Å². The highest BCUT2D eigenvalue weighted by molar-refractivity contribution is 7.85. The third kappa shape index (κ3) is 25.2. The molecule has 13 heteroatoms. The molecule has 2 unspecified atom stereocenters. The van der Waals surface area contributed by atoms with Crippen LogP contribution in [0.15, 0.2) is 24.3 Å². The minimum absolute atomic E-state index is 0.147. The van der Waals surface area contributed by atoms with Gasteiger partial charge in [0.2, 0.25) is 0 Å². The van der Waals surface area contributed by atoms with Gasteiger partial charge in [0, 0.05) is 12.5 Å². The Bertz CT molecular complexity index is 1080. The van der Waals surface area contributed by atoms with Crippen LogP contribution in [0.2, 0.25) is 0 Å². The Hall–Kier alpha value is -1.87. The molecular weight excluding hydrogens is 692 g/mol. The molecule has 1 aliphatic heterocycles. The van der Waals surface area contributed by atoms with Crippen LogP contribution in [-0.2, 0) is 38.7 Å². The van der Waals surface area contributed by atoms with Gasteiger partial charge in [0.1, 0.15) is 36.8 Å². The number of ether oxygens (including phenoxy) is 4. The van der Waals surface area contributed by atoms with E-state index in [2.05, 4.69) is 13.8 Å². The molecule has 1 aliphatic rings. The Morgan fingerprint density at radius 2 is 1.21 bits per heavy atom. The third-order valence-corrected chi connectivity index (χ3v) is 9.89. The van der Waals surface area contributed by atoms with Crippen molar-refractivity contribution in [2.24, 2.45) is 0 Å². The summed E-state index contributed by atoms with van der Waals surface area (Å²) in [5.74, 6) is -2.24. The topological polar surface area (TPSA) is 186 Å². The molecule has 0 aromatic rings. The number of aliphatic hydroxyl groups is 3. The van der Waals surface area contributed by atoms with Crippen molar-refractivity contribution >= 4 is 22.1 Å². The van der Waals surface area contributed by atoms with Crippen molar-refractivity contribution in [1.29, 1.82) is 0 Å². The van der Waals surface area contributed by atoms with E-state index in [1.54, 1.807) is 12.2 Å². The van der Waals surface area contributed by atoms with E-state index in [0.29, 0.717) is 6.42 Å². The van der Waals surface area contributed by atoms with Gasteiger partial charge in [-0.3, -0.25) is 9.35 Å². The van der Waals surface area contributed by atoms with Crippen LogP contribution < -0.4 is 0 Å². The van der Waals surface area contributed by atoms with Crippen molar-refractivity contribution < 1.29 is 56.8 Å². The Kier molecular flexibility index (Phi) is 28.2. The molecule has 0 bridgehead atoms. The second-order valence-corrected chi connectivity index (χ2v) is 15.5. The van der Waals surface area contributed by atoms with Crippen molar-refractivity contribution in [1.82, 2.24) is 0 Å². The first kappa shape index (κ1) is 48.1. The lowest BCUT2D eigenvalue weighted by Gasteiger charge is -2.40. The van der Waals surface area contributed by atoms with Gasteiger partial charge in [-0.25, -0.2) is 4.79 Å². The standard InChI is InChI=1S/C39H70O12S/c1-3-5-7-9-11-13-14-15-16-17-18-20-21-23-25-27-34(40)48-29-32(50-35(41)28-26-24-22-19-12-10-8-6-4-2)30-49-39-38(44)37(43)36(42)33(51-39)31-52(45,46)47/h21,23,25,27,32-33,36-39,42-44H,3-20,22,24,26,28-31H2,1-2H3,(H,45,46,47)/b23-21+,27-25+/t32-,33-,36-,37?,38?,39+/m1/s1. The third-order valence-electron chi connectivity index (χ3n) is 9.14. The molecule has 1 rings (SSSR count). The van der Waals surface area contributed by atoms with Gasteiger partial charge in [0.05, 0.1) is 6.61 Å². The number of unbranched alkanes of at least 4 members (excludes halogenated alkanes) is 19.